The Hall–Kier alpha value is -1.45. The molecule has 102 valence electrons. The predicted octanol–water partition coefficient (Wildman–Crippen LogP) is 3.30. The van der Waals surface area contributed by atoms with Gasteiger partial charge in [-0.05, 0) is 24.5 Å². The van der Waals surface area contributed by atoms with Gasteiger partial charge in [0.05, 0.1) is 12.3 Å². The first-order valence-corrected chi connectivity index (χ1v) is 6.84. The highest BCUT2D eigenvalue weighted by molar-refractivity contribution is 5.53. The largest absolute Gasteiger partial charge is 0.476 e. The minimum absolute atomic E-state index is 0.534. The Labute approximate surface area is 110 Å². The second-order valence-electron chi connectivity index (χ2n) is 4.50. The molecular formula is C14H25N3O. The maximum atomic E-state index is 5.82. The normalized spacial score (nSPS) is 10.7. The van der Waals surface area contributed by atoms with Crippen LogP contribution in [0.5, 0.6) is 5.88 Å². The van der Waals surface area contributed by atoms with Crippen LogP contribution in [0.1, 0.15) is 40.0 Å². The molecule has 0 saturated heterocycles. The first-order valence-electron chi connectivity index (χ1n) is 6.84. The number of hydrogen-bond acceptors (Lipinski definition) is 4. The Morgan fingerprint density at radius 3 is 2.61 bits per heavy atom. The van der Waals surface area contributed by atoms with E-state index in [0.717, 1.165) is 18.8 Å². The van der Waals surface area contributed by atoms with E-state index in [2.05, 4.69) is 31.1 Å². The summed E-state index contributed by atoms with van der Waals surface area (Å²) in [6.45, 7) is 8.07. The van der Waals surface area contributed by atoms with E-state index in [9.17, 15) is 0 Å². The standard InChI is InChI=1S/C14H25N3O/c1-4-9-18-14-12(15)7-8-13(17-14)16-10-11(5-2)6-3/h7-8,11H,4-6,9-10,15H2,1-3H3,(H,16,17). The van der Waals surface area contributed by atoms with Gasteiger partial charge >= 0.3 is 0 Å². The molecule has 0 bridgehead atoms. The first kappa shape index (κ1) is 14.6. The molecule has 0 unspecified atom stereocenters. The van der Waals surface area contributed by atoms with Crippen molar-refractivity contribution in [1.29, 1.82) is 0 Å². The van der Waals surface area contributed by atoms with Crippen molar-refractivity contribution in [3.63, 3.8) is 0 Å². The zero-order valence-electron chi connectivity index (χ0n) is 11.7. The molecule has 1 heterocycles. The second kappa shape index (κ2) is 7.80. The number of anilines is 2. The molecule has 1 aromatic heterocycles. The van der Waals surface area contributed by atoms with Gasteiger partial charge < -0.3 is 15.8 Å². The number of nitrogens with zero attached hydrogens (tertiary/aromatic N) is 1. The van der Waals surface area contributed by atoms with Crippen LogP contribution in [-0.2, 0) is 0 Å². The molecule has 0 aliphatic carbocycles. The summed E-state index contributed by atoms with van der Waals surface area (Å²) >= 11 is 0. The van der Waals surface area contributed by atoms with Crippen molar-refractivity contribution in [2.75, 3.05) is 24.2 Å². The van der Waals surface area contributed by atoms with Gasteiger partial charge in [0.15, 0.2) is 0 Å². The Bertz CT molecular complexity index is 351. The SMILES string of the molecule is CCCOc1nc(NCC(CC)CC)ccc1N. The molecule has 3 N–H and O–H groups in total. The van der Waals surface area contributed by atoms with E-state index in [0.29, 0.717) is 24.1 Å². The first-order chi connectivity index (χ1) is 8.71. The van der Waals surface area contributed by atoms with E-state index in [1.54, 1.807) is 0 Å². The Balaban J connectivity index is 2.60. The van der Waals surface area contributed by atoms with Crippen LogP contribution in [0, 0.1) is 5.92 Å². The van der Waals surface area contributed by atoms with Gasteiger partial charge in [-0.25, -0.2) is 0 Å². The van der Waals surface area contributed by atoms with Crippen molar-refractivity contribution in [2.24, 2.45) is 5.92 Å². The average Bonchev–Trinajstić information content (AvgIpc) is 2.40. The molecule has 0 aliphatic heterocycles. The summed E-state index contributed by atoms with van der Waals surface area (Å²) in [6.07, 6.45) is 3.31. The van der Waals surface area contributed by atoms with Gasteiger partial charge in [0.25, 0.3) is 0 Å². The monoisotopic (exact) mass is 251 g/mol. The second-order valence-corrected chi connectivity index (χ2v) is 4.50. The highest BCUT2D eigenvalue weighted by atomic mass is 16.5. The molecule has 1 aromatic rings. The average molecular weight is 251 g/mol. The summed E-state index contributed by atoms with van der Waals surface area (Å²) in [6, 6.07) is 3.74. The van der Waals surface area contributed by atoms with E-state index < -0.39 is 0 Å². The third-order valence-electron chi connectivity index (χ3n) is 3.06. The number of rotatable bonds is 8. The van der Waals surface area contributed by atoms with Crippen LogP contribution in [-0.4, -0.2) is 18.1 Å². The molecule has 18 heavy (non-hydrogen) atoms. The molecule has 1 rings (SSSR count). The van der Waals surface area contributed by atoms with Gasteiger partial charge in [-0.15, -0.1) is 0 Å². The van der Waals surface area contributed by atoms with Crippen molar-refractivity contribution in [1.82, 2.24) is 4.98 Å². The molecule has 0 amide bonds. The van der Waals surface area contributed by atoms with Crippen LogP contribution in [0.25, 0.3) is 0 Å². The van der Waals surface area contributed by atoms with E-state index in [-0.39, 0.29) is 0 Å². The van der Waals surface area contributed by atoms with Crippen LogP contribution in [0.2, 0.25) is 0 Å². The topological polar surface area (TPSA) is 60.2 Å². The molecule has 0 atom stereocenters. The molecule has 0 spiro atoms. The fourth-order valence-electron chi connectivity index (χ4n) is 1.69. The molecule has 0 aliphatic rings. The molecule has 4 heteroatoms. The third-order valence-corrected chi connectivity index (χ3v) is 3.06. The number of nitrogen functional groups attached to an aromatic ring is 1. The van der Waals surface area contributed by atoms with Crippen LogP contribution in [0.3, 0.4) is 0 Å². The highest BCUT2D eigenvalue weighted by Gasteiger charge is 2.06. The number of pyridine rings is 1. The van der Waals surface area contributed by atoms with Gasteiger partial charge in [-0.2, -0.15) is 4.98 Å². The summed E-state index contributed by atoms with van der Waals surface area (Å²) < 4.78 is 5.51. The summed E-state index contributed by atoms with van der Waals surface area (Å²) in [4.78, 5) is 4.39. The Morgan fingerprint density at radius 2 is 2.00 bits per heavy atom. The van der Waals surface area contributed by atoms with Gasteiger partial charge in [0, 0.05) is 6.54 Å². The van der Waals surface area contributed by atoms with Crippen LogP contribution in [0.15, 0.2) is 12.1 Å². The van der Waals surface area contributed by atoms with Crippen molar-refractivity contribution >= 4 is 11.5 Å². The maximum Gasteiger partial charge on any atom is 0.239 e. The molecule has 4 nitrogen and oxygen atoms in total. The van der Waals surface area contributed by atoms with Crippen LogP contribution < -0.4 is 15.8 Å². The molecule has 0 aromatic carbocycles. The smallest absolute Gasteiger partial charge is 0.239 e. The molecule has 0 saturated carbocycles. The predicted molar refractivity (Wildman–Crippen MR) is 77.0 cm³/mol. The van der Waals surface area contributed by atoms with E-state index in [4.69, 9.17) is 10.5 Å². The fraction of sp³-hybridized carbons (Fsp3) is 0.643. The Morgan fingerprint density at radius 1 is 1.28 bits per heavy atom. The van der Waals surface area contributed by atoms with Crippen LogP contribution in [0.4, 0.5) is 11.5 Å². The molecule has 0 fully saturated rings. The summed E-state index contributed by atoms with van der Waals surface area (Å²) in [5.41, 5.74) is 6.42. The highest BCUT2D eigenvalue weighted by Crippen LogP contribution is 2.21. The number of nitrogens with two attached hydrogens (primary N) is 1. The van der Waals surface area contributed by atoms with Gasteiger partial charge in [0.2, 0.25) is 5.88 Å². The number of hydrogen-bond donors (Lipinski definition) is 2. The summed E-state index contributed by atoms with van der Waals surface area (Å²) in [5.74, 6) is 2.05. The van der Waals surface area contributed by atoms with E-state index in [1.165, 1.54) is 12.8 Å². The van der Waals surface area contributed by atoms with Gasteiger partial charge in [-0.1, -0.05) is 33.6 Å². The third kappa shape index (κ3) is 4.43. The van der Waals surface area contributed by atoms with Crippen LogP contribution >= 0.6 is 0 Å². The van der Waals surface area contributed by atoms with Crippen molar-refractivity contribution in [2.45, 2.75) is 40.0 Å². The zero-order chi connectivity index (χ0) is 13.4. The number of nitrogens with one attached hydrogen (secondary N) is 1. The Kier molecular flexibility index (Phi) is 6.33. The van der Waals surface area contributed by atoms with Crippen molar-refractivity contribution in [3.05, 3.63) is 12.1 Å². The summed E-state index contributed by atoms with van der Waals surface area (Å²) in [7, 11) is 0. The lowest BCUT2D eigenvalue weighted by atomic mass is 10.0. The van der Waals surface area contributed by atoms with E-state index in [1.807, 2.05) is 12.1 Å². The number of aromatic nitrogens is 1. The van der Waals surface area contributed by atoms with Gasteiger partial charge in [0.1, 0.15) is 5.82 Å². The maximum absolute atomic E-state index is 5.82. The van der Waals surface area contributed by atoms with E-state index >= 15 is 0 Å². The fourth-order valence-corrected chi connectivity index (χ4v) is 1.69. The zero-order valence-corrected chi connectivity index (χ0v) is 11.7. The number of ether oxygens (including phenoxy) is 1. The lowest BCUT2D eigenvalue weighted by Gasteiger charge is -2.15. The lowest BCUT2D eigenvalue weighted by molar-refractivity contribution is 0.307. The quantitative estimate of drug-likeness (QED) is 0.744. The molecule has 0 radical (unpaired) electrons. The van der Waals surface area contributed by atoms with Gasteiger partial charge in [-0.3, -0.25) is 0 Å². The minimum atomic E-state index is 0.534. The lowest BCUT2D eigenvalue weighted by Crippen LogP contribution is -2.14. The van der Waals surface area contributed by atoms with Crippen molar-refractivity contribution in [3.8, 4) is 5.88 Å². The molecular weight excluding hydrogens is 226 g/mol. The minimum Gasteiger partial charge on any atom is -0.476 e. The summed E-state index contributed by atoms with van der Waals surface area (Å²) in [5, 5.41) is 3.34. The van der Waals surface area contributed by atoms with Crippen molar-refractivity contribution < 1.29 is 4.74 Å².